The largest absolute Gasteiger partial charge is 0.455 e. The minimum Gasteiger partial charge on any atom is -0.455 e. The average molecular weight is 168 g/mol. The van der Waals surface area contributed by atoms with E-state index in [2.05, 4.69) is 13.8 Å². The van der Waals surface area contributed by atoms with Gasteiger partial charge in [0.2, 0.25) is 0 Å². The number of hydrogen-bond acceptors (Lipinski definition) is 2. The summed E-state index contributed by atoms with van der Waals surface area (Å²) in [5, 5.41) is 0. The number of hydrogen-bond donors (Lipinski definition) is 0. The van der Waals surface area contributed by atoms with Crippen molar-refractivity contribution in [3.63, 3.8) is 0 Å². The van der Waals surface area contributed by atoms with Crippen molar-refractivity contribution in [2.24, 2.45) is 0 Å². The Balaban J connectivity index is 2.53. The molecule has 1 unspecified atom stereocenters. The maximum Gasteiger partial charge on any atom is 0.331 e. The second-order valence-electron chi connectivity index (χ2n) is 3.18. The fourth-order valence-corrected chi connectivity index (χ4v) is 1.52. The quantitative estimate of drug-likeness (QED) is 0.603. The van der Waals surface area contributed by atoms with Crippen molar-refractivity contribution in [1.82, 2.24) is 0 Å². The highest BCUT2D eigenvalue weighted by Crippen LogP contribution is 2.23. The molecular formula is C10H16O2. The van der Waals surface area contributed by atoms with Crippen LogP contribution in [0.1, 0.15) is 39.5 Å². The Labute approximate surface area is 73.6 Å². The van der Waals surface area contributed by atoms with Gasteiger partial charge in [-0.05, 0) is 18.4 Å². The molecule has 0 aromatic carbocycles. The van der Waals surface area contributed by atoms with Crippen molar-refractivity contribution < 1.29 is 9.53 Å². The average Bonchev–Trinajstić information content (AvgIpc) is 2.33. The van der Waals surface area contributed by atoms with E-state index in [1.54, 1.807) is 6.08 Å². The van der Waals surface area contributed by atoms with Crippen LogP contribution in [0.5, 0.6) is 0 Å². The minimum absolute atomic E-state index is 0.0856. The minimum atomic E-state index is -0.156. The Morgan fingerprint density at radius 2 is 2.17 bits per heavy atom. The van der Waals surface area contributed by atoms with Gasteiger partial charge in [0.1, 0.15) is 6.10 Å². The first kappa shape index (κ1) is 9.30. The second kappa shape index (κ2) is 4.29. The summed E-state index contributed by atoms with van der Waals surface area (Å²) in [7, 11) is 0. The lowest BCUT2D eigenvalue weighted by Crippen LogP contribution is -2.11. The summed E-state index contributed by atoms with van der Waals surface area (Å²) in [6, 6.07) is 0. The first-order chi connectivity index (χ1) is 5.77. The summed E-state index contributed by atoms with van der Waals surface area (Å²) in [6.07, 6.45) is 5.86. The summed E-state index contributed by atoms with van der Waals surface area (Å²) in [4.78, 5) is 10.9. The highest BCUT2D eigenvalue weighted by Gasteiger charge is 2.23. The van der Waals surface area contributed by atoms with E-state index in [-0.39, 0.29) is 12.1 Å². The lowest BCUT2D eigenvalue weighted by atomic mass is 10.0. The highest BCUT2D eigenvalue weighted by atomic mass is 16.5. The van der Waals surface area contributed by atoms with Gasteiger partial charge in [0, 0.05) is 6.08 Å². The second-order valence-corrected chi connectivity index (χ2v) is 3.18. The molecule has 1 aliphatic heterocycles. The number of esters is 1. The third-order valence-electron chi connectivity index (χ3n) is 2.06. The normalized spacial score (nSPS) is 22.3. The van der Waals surface area contributed by atoms with Gasteiger partial charge < -0.3 is 4.74 Å². The van der Waals surface area contributed by atoms with Gasteiger partial charge in [-0.3, -0.25) is 0 Å². The van der Waals surface area contributed by atoms with Gasteiger partial charge in [-0.25, -0.2) is 4.79 Å². The molecule has 68 valence electrons. The molecule has 1 atom stereocenters. The molecule has 1 rings (SSSR count). The van der Waals surface area contributed by atoms with Gasteiger partial charge in [0.15, 0.2) is 0 Å². The molecule has 0 amide bonds. The van der Waals surface area contributed by atoms with E-state index in [9.17, 15) is 4.79 Å². The predicted molar refractivity (Wildman–Crippen MR) is 47.8 cm³/mol. The van der Waals surface area contributed by atoms with Crippen LogP contribution in [0.2, 0.25) is 0 Å². The zero-order valence-corrected chi connectivity index (χ0v) is 7.80. The maximum absolute atomic E-state index is 10.9. The number of rotatable bonds is 4. The Kier molecular flexibility index (Phi) is 3.32. The Bertz CT molecular complexity index is 194. The van der Waals surface area contributed by atoms with Crippen molar-refractivity contribution in [1.29, 1.82) is 0 Å². The molecule has 0 bridgehead atoms. The molecule has 0 saturated carbocycles. The fourth-order valence-electron chi connectivity index (χ4n) is 1.52. The lowest BCUT2D eigenvalue weighted by Gasteiger charge is -2.11. The van der Waals surface area contributed by atoms with Gasteiger partial charge >= 0.3 is 5.97 Å². The van der Waals surface area contributed by atoms with Crippen molar-refractivity contribution in [3.05, 3.63) is 11.6 Å². The van der Waals surface area contributed by atoms with Crippen LogP contribution in [0.25, 0.3) is 0 Å². The number of carbonyl (C=O) groups is 1. The van der Waals surface area contributed by atoms with Crippen molar-refractivity contribution >= 4 is 5.97 Å². The molecule has 2 heteroatoms. The molecule has 0 N–H and O–H groups in total. The van der Waals surface area contributed by atoms with Crippen molar-refractivity contribution in [3.8, 4) is 0 Å². The highest BCUT2D eigenvalue weighted by molar-refractivity contribution is 5.85. The first-order valence-electron chi connectivity index (χ1n) is 4.69. The van der Waals surface area contributed by atoms with Crippen molar-refractivity contribution in [2.75, 3.05) is 0 Å². The van der Waals surface area contributed by atoms with Crippen LogP contribution in [0.15, 0.2) is 11.6 Å². The van der Waals surface area contributed by atoms with Crippen LogP contribution >= 0.6 is 0 Å². The molecular weight excluding hydrogens is 152 g/mol. The van der Waals surface area contributed by atoms with Crippen LogP contribution in [-0.2, 0) is 9.53 Å². The zero-order valence-electron chi connectivity index (χ0n) is 7.80. The van der Waals surface area contributed by atoms with E-state index in [0.717, 1.165) is 25.7 Å². The van der Waals surface area contributed by atoms with E-state index in [4.69, 9.17) is 4.74 Å². The van der Waals surface area contributed by atoms with Gasteiger partial charge in [0.05, 0.1) is 0 Å². The zero-order chi connectivity index (χ0) is 8.97. The van der Waals surface area contributed by atoms with Crippen molar-refractivity contribution in [2.45, 2.75) is 45.6 Å². The van der Waals surface area contributed by atoms with E-state index in [0.29, 0.717) is 0 Å². The molecule has 0 aromatic heterocycles. The number of ether oxygens (including phenoxy) is 1. The summed E-state index contributed by atoms with van der Waals surface area (Å²) in [6.45, 7) is 4.22. The Morgan fingerprint density at radius 3 is 2.75 bits per heavy atom. The summed E-state index contributed by atoms with van der Waals surface area (Å²) in [5.74, 6) is -0.156. The summed E-state index contributed by atoms with van der Waals surface area (Å²) >= 11 is 0. The molecule has 0 aliphatic carbocycles. The van der Waals surface area contributed by atoms with E-state index in [1.807, 2.05) is 0 Å². The van der Waals surface area contributed by atoms with Gasteiger partial charge in [-0.1, -0.05) is 26.7 Å². The number of carbonyl (C=O) groups excluding carboxylic acids is 1. The lowest BCUT2D eigenvalue weighted by molar-refractivity contribution is -0.139. The standard InChI is InChI=1S/C10H16O2/c1-3-5-8-7-10(11)12-9(8)6-4-2/h7,9H,3-6H2,1-2H3. The van der Waals surface area contributed by atoms with Crippen LogP contribution in [0.3, 0.4) is 0 Å². The van der Waals surface area contributed by atoms with Crippen LogP contribution in [-0.4, -0.2) is 12.1 Å². The molecule has 0 fully saturated rings. The molecule has 0 saturated heterocycles. The molecule has 0 aromatic rings. The predicted octanol–water partition coefficient (Wildman–Crippen LogP) is 2.44. The van der Waals surface area contributed by atoms with Gasteiger partial charge in [-0.2, -0.15) is 0 Å². The molecule has 1 heterocycles. The summed E-state index contributed by atoms with van der Waals surface area (Å²) in [5.41, 5.74) is 1.18. The van der Waals surface area contributed by atoms with Crippen LogP contribution < -0.4 is 0 Å². The Morgan fingerprint density at radius 1 is 1.42 bits per heavy atom. The molecule has 0 radical (unpaired) electrons. The smallest absolute Gasteiger partial charge is 0.331 e. The Hall–Kier alpha value is -0.790. The number of cyclic esters (lactones) is 1. The summed E-state index contributed by atoms with van der Waals surface area (Å²) < 4.78 is 5.14. The SMILES string of the molecule is CCCC1=CC(=O)OC1CCC. The molecule has 12 heavy (non-hydrogen) atoms. The molecule has 1 aliphatic rings. The van der Waals surface area contributed by atoms with E-state index >= 15 is 0 Å². The molecule has 2 nitrogen and oxygen atoms in total. The third-order valence-corrected chi connectivity index (χ3v) is 2.06. The van der Waals surface area contributed by atoms with E-state index < -0.39 is 0 Å². The molecule has 0 spiro atoms. The maximum atomic E-state index is 10.9. The van der Waals surface area contributed by atoms with Crippen LogP contribution in [0, 0.1) is 0 Å². The first-order valence-corrected chi connectivity index (χ1v) is 4.69. The van der Waals surface area contributed by atoms with Crippen LogP contribution in [0.4, 0.5) is 0 Å². The topological polar surface area (TPSA) is 26.3 Å². The van der Waals surface area contributed by atoms with Gasteiger partial charge in [-0.15, -0.1) is 0 Å². The third kappa shape index (κ3) is 2.10. The van der Waals surface area contributed by atoms with E-state index in [1.165, 1.54) is 5.57 Å². The monoisotopic (exact) mass is 168 g/mol. The van der Waals surface area contributed by atoms with Gasteiger partial charge in [0.25, 0.3) is 0 Å². The fraction of sp³-hybridized carbons (Fsp3) is 0.700.